The SMILES string of the molecule is COc1ccc(CCNS(=O)(=O)c2cn[nH]c2N)cc1. The van der Waals surface area contributed by atoms with Gasteiger partial charge >= 0.3 is 0 Å². The van der Waals surface area contributed by atoms with Gasteiger partial charge in [-0.1, -0.05) is 12.1 Å². The number of H-pyrrole nitrogens is 1. The maximum absolute atomic E-state index is 11.9. The van der Waals surface area contributed by atoms with Gasteiger partial charge in [0.25, 0.3) is 0 Å². The predicted molar refractivity (Wildman–Crippen MR) is 74.9 cm³/mol. The number of benzene rings is 1. The summed E-state index contributed by atoms with van der Waals surface area (Å²) in [5.41, 5.74) is 6.50. The van der Waals surface area contributed by atoms with Crippen LogP contribution in [0.2, 0.25) is 0 Å². The molecule has 4 N–H and O–H groups in total. The first-order valence-corrected chi connectivity index (χ1v) is 7.42. The van der Waals surface area contributed by atoms with Crippen molar-refractivity contribution in [3.63, 3.8) is 0 Å². The Bertz CT molecular complexity index is 664. The summed E-state index contributed by atoms with van der Waals surface area (Å²) in [5.74, 6) is 0.794. The molecule has 0 aliphatic carbocycles. The Labute approximate surface area is 117 Å². The van der Waals surface area contributed by atoms with Crippen molar-refractivity contribution in [3.05, 3.63) is 36.0 Å². The molecular formula is C12H16N4O3S. The van der Waals surface area contributed by atoms with Crippen LogP contribution in [-0.4, -0.2) is 32.3 Å². The molecule has 0 spiro atoms. The van der Waals surface area contributed by atoms with E-state index in [0.29, 0.717) is 6.42 Å². The number of anilines is 1. The zero-order valence-electron chi connectivity index (χ0n) is 11.0. The quantitative estimate of drug-likeness (QED) is 0.720. The highest BCUT2D eigenvalue weighted by atomic mass is 32.2. The van der Waals surface area contributed by atoms with Gasteiger partial charge in [-0.25, -0.2) is 13.1 Å². The van der Waals surface area contributed by atoms with Gasteiger partial charge in [-0.2, -0.15) is 5.10 Å². The van der Waals surface area contributed by atoms with E-state index in [1.54, 1.807) is 7.11 Å². The third kappa shape index (κ3) is 3.28. The monoisotopic (exact) mass is 296 g/mol. The molecule has 8 heteroatoms. The molecule has 108 valence electrons. The van der Waals surface area contributed by atoms with E-state index in [9.17, 15) is 8.42 Å². The topological polar surface area (TPSA) is 110 Å². The molecule has 0 bridgehead atoms. The summed E-state index contributed by atoms with van der Waals surface area (Å²) in [5, 5.41) is 5.98. The number of sulfonamides is 1. The first kappa shape index (κ1) is 14.4. The largest absolute Gasteiger partial charge is 0.497 e. The molecule has 2 rings (SSSR count). The number of methoxy groups -OCH3 is 1. The number of ether oxygens (including phenoxy) is 1. The van der Waals surface area contributed by atoms with Crippen molar-refractivity contribution in [1.82, 2.24) is 14.9 Å². The van der Waals surface area contributed by atoms with Crippen molar-refractivity contribution in [2.24, 2.45) is 0 Å². The molecule has 0 amide bonds. The number of aromatic nitrogens is 2. The van der Waals surface area contributed by atoms with Gasteiger partial charge in [0, 0.05) is 6.54 Å². The number of nitrogen functional groups attached to an aromatic ring is 1. The molecule has 7 nitrogen and oxygen atoms in total. The van der Waals surface area contributed by atoms with Crippen molar-refractivity contribution in [2.75, 3.05) is 19.4 Å². The maximum Gasteiger partial charge on any atom is 0.245 e. The summed E-state index contributed by atoms with van der Waals surface area (Å²) in [7, 11) is -2.03. The first-order valence-electron chi connectivity index (χ1n) is 5.94. The van der Waals surface area contributed by atoms with E-state index >= 15 is 0 Å². The molecule has 1 aromatic heterocycles. The van der Waals surface area contributed by atoms with Crippen molar-refractivity contribution >= 4 is 15.8 Å². The predicted octanol–water partition coefficient (Wildman–Crippen LogP) is 0.521. The summed E-state index contributed by atoms with van der Waals surface area (Å²) < 4.78 is 31.4. The molecule has 0 aliphatic heterocycles. The number of rotatable bonds is 6. The molecular weight excluding hydrogens is 280 g/mol. The van der Waals surface area contributed by atoms with Crippen LogP contribution in [0.4, 0.5) is 5.82 Å². The van der Waals surface area contributed by atoms with Gasteiger partial charge in [0.15, 0.2) is 0 Å². The van der Waals surface area contributed by atoms with Gasteiger partial charge in [0.05, 0.1) is 13.3 Å². The van der Waals surface area contributed by atoms with E-state index in [2.05, 4.69) is 14.9 Å². The standard InChI is InChI=1S/C12H16N4O3S/c1-19-10-4-2-9(3-5-10)6-7-15-20(17,18)11-8-14-16-12(11)13/h2-5,8,15H,6-7H2,1H3,(H3,13,14,16). The number of hydrogen-bond donors (Lipinski definition) is 3. The van der Waals surface area contributed by atoms with Crippen molar-refractivity contribution < 1.29 is 13.2 Å². The Morgan fingerprint density at radius 3 is 2.60 bits per heavy atom. The number of nitrogens with zero attached hydrogens (tertiary/aromatic N) is 1. The summed E-state index contributed by atoms with van der Waals surface area (Å²) in [6, 6.07) is 7.44. The number of nitrogens with two attached hydrogens (primary N) is 1. The van der Waals surface area contributed by atoms with Crippen molar-refractivity contribution in [1.29, 1.82) is 0 Å². The van der Waals surface area contributed by atoms with E-state index in [4.69, 9.17) is 10.5 Å². The van der Waals surface area contributed by atoms with Crippen LogP contribution >= 0.6 is 0 Å². The average molecular weight is 296 g/mol. The summed E-state index contributed by atoms with van der Waals surface area (Å²) in [6.45, 7) is 0.277. The second kappa shape index (κ2) is 5.93. The highest BCUT2D eigenvalue weighted by Gasteiger charge is 2.18. The van der Waals surface area contributed by atoms with Crippen LogP contribution in [0.1, 0.15) is 5.56 Å². The van der Waals surface area contributed by atoms with Crippen molar-refractivity contribution in [3.8, 4) is 5.75 Å². The van der Waals surface area contributed by atoms with Crippen LogP contribution in [0.15, 0.2) is 35.4 Å². The summed E-state index contributed by atoms with van der Waals surface area (Å²) in [6.07, 6.45) is 1.76. The highest BCUT2D eigenvalue weighted by Crippen LogP contribution is 2.14. The molecule has 1 heterocycles. The fourth-order valence-corrected chi connectivity index (χ4v) is 2.75. The van der Waals surface area contributed by atoms with Gasteiger partial charge in [-0.15, -0.1) is 0 Å². The summed E-state index contributed by atoms with van der Waals surface area (Å²) >= 11 is 0. The fourth-order valence-electron chi connectivity index (χ4n) is 1.70. The van der Waals surface area contributed by atoms with Crippen LogP contribution < -0.4 is 15.2 Å². The van der Waals surface area contributed by atoms with E-state index in [-0.39, 0.29) is 17.3 Å². The first-order chi connectivity index (χ1) is 9.53. The highest BCUT2D eigenvalue weighted by molar-refractivity contribution is 7.89. The number of nitrogens with one attached hydrogen (secondary N) is 2. The van der Waals surface area contributed by atoms with Crippen LogP contribution in [0, 0.1) is 0 Å². The van der Waals surface area contributed by atoms with Crippen LogP contribution in [-0.2, 0) is 16.4 Å². The second-order valence-electron chi connectivity index (χ2n) is 4.14. The Balaban J connectivity index is 1.94. The van der Waals surface area contributed by atoms with E-state index in [0.717, 1.165) is 11.3 Å². The smallest absolute Gasteiger partial charge is 0.245 e. The van der Waals surface area contributed by atoms with Gasteiger partial charge < -0.3 is 10.5 Å². The van der Waals surface area contributed by atoms with Gasteiger partial charge in [-0.05, 0) is 24.1 Å². The normalized spacial score (nSPS) is 11.4. The van der Waals surface area contributed by atoms with Gasteiger partial charge in [0.2, 0.25) is 10.0 Å². The Morgan fingerprint density at radius 2 is 2.05 bits per heavy atom. The Kier molecular flexibility index (Phi) is 4.26. The zero-order valence-corrected chi connectivity index (χ0v) is 11.8. The molecule has 2 aromatic rings. The van der Waals surface area contributed by atoms with E-state index < -0.39 is 10.0 Å². The molecule has 0 aliphatic rings. The molecule has 0 atom stereocenters. The zero-order chi connectivity index (χ0) is 14.6. The van der Waals surface area contributed by atoms with Gasteiger partial charge in [-0.3, -0.25) is 5.10 Å². The van der Waals surface area contributed by atoms with E-state index in [1.165, 1.54) is 6.20 Å². The molecule has 0 radical (unpaired) electrons. The molecule has 20 heavy (non-hydrogen) atoms. The Hall–Kier alpha value is -2.06. The summed E-state index contributed by atoms with van der Waals surface area (Å²) in [4.78, 5) is -0.0350. The number of aromatic amines is 1. The molecule has 0 unspecified atom stereocenters. The lowest BCUT2D eigenvalue weighted by atomic mass is 10.1. The molecule has 1 aromatic carbocycles. The lowest BCUT2D eigenvalue weighted by Crippen LogP contribution is -2.26. The number of hydrogen-bond acceptors (Lipinski definition) is 5. The van der Waals surface area contributed by atoms with E-state index in [1.807, 2.05) is 24.3 Å². The molecule has 0 saturated heterocycles. The Morgan fingerprint density at radius 1 is 1.35 bits per heavy atom. The third-order valence-corrected chi connectivity index (χ3v) is 4.28. The maximum atomic E-state index is 11.9. The minimum Gasteiger partial charge on any atom is -0.497 e. The van der Waals surface area contributed by atoms with Crippen molar-refractivity contribution in [2.45, 2.75) is 11.3 Å². The lowest BCUT2D eigenvalue weighted by Gasteiger charge is -2.06. The van der Waals surface area contributed by atoms with Crippen LogP contribution in [0.25, 0.3) is 0 Å². The van der Waals surface area contributed by atoms with Crippen LogP contribution in [0.3, 0.4) is 0 Å². The molecule has 0 saturated carbocycles. The van der Waals surface area contributed by atoms with Crippen LogP contribution in [0.5, 0.6) is 5.75 Å². The fraction of sp³-hybridized carbons (Fsp3) is 0.250. The van der Waals surface area contributed by atoms with Gasteiger partial charge in [0.1, 0.15) is 16.5 Å². The third-order valence-electron chi connectivity index (χ3n) is 2.79. The molecule has 0 fully saturated rings. The lowest BCUT2D eigenvalue weighted by molar-refractivity contribution is 0.414. The average Bonchev–Trinajstić information content (AvgIpc) is 2.86. The minimum atomic E-state index is -3.62. The minimum absolute atomic E-state index is 0.0296. The second-order valence-corrected chi connectivity index (χ2v) is 5.88.